The minimum atomic E-state index is 0.613. The Morgan fingerprint density at radius 2 is 1.94 bits per heavy atom. The number of likely N-dealkylation sites (tertiary alicyclic amines) is 1. The molecule has 7 rings (SSSR count). The van der Waals surface area contributed by atoms with Crippen LogP contribution in [0.15, 0.2) is 61.2 Å². The van der Waals surface area contributed by atoms with Gasteiger partial charge in [0.2, 0.25) is 0 Å². The fourth-order valence-corrected chi connectivity index (χ4v) is 5.67. The number of H-pyrrole nitrogens is 1. The Hall–Kier alpha value is -3.98. The fourth-order valence-electron chi connectivity index (χ4n) is 5.67. The molecule has 9 nitrogen and oxygen atoms in total. The van der Waals surface area contributed by atoms with Gasteiger partial charge in [-0.2, -0.15) is 10.2 Å². The van der Waals surface area contributed by atoms with E-state index in [9.17, 15) is 0 Å². The van der Waals surface area contributed by atoms with Gasteiger partial charge in [0.05, 0.1) is 23.6 Å². The Morgan fingerprint density at radius 1 is 1.06 bits per heavy atom. The van der Waals surface area contributed by atoms with Crippen LogP contribution in [0.5, 0.6) is 0 Å². The molecular weight excluding hydrogens is 438 g/mol. The van der Waals surface area contributed by atoms with Gasteiger partial charge in [0, 0.05) is 53.5 Å². The first kappa shape index (κ1) is 20.4. The third-order valence-electron chi connectivity index (χ3n) is 7.41. The van der Waals surface area contributed by atoms with Gasteiger partial charge in [-0.15, -0.1) is 0 Å². The lowest BCUT2D eigenvalue weighted by atomic mass is 10.1. The van der Waals surface area contributed by atoms with Gasteiger partial charge in [-0.25, -0.2) is 14.5 Å². The number of fused-ring (bicyclic) bond motifs is 4. The molecule has 0 radical (unpaired) electrons. The van der Waals surface area contributed by atoms with Crippen molar-refractivity contribution in [2.45, 2.75) is 38.4 Å². The summed E-state index contributed by atoms with van der Waals surface area (Å²) in [5.41, 5.74) is 5.71. The highest BCUT2D eigenvalue weighted by atomic mass is 15.4. The van der Waals surface area contributed by atoms with Gasteiger partial charge in [0.1, 0.15) is 6.33 Å². The summed E-state index contributed by atoms with van der Waals surface area (Å²) in [6.45, 7) is 6.88. The quantitative estimate of drug-likeness (QED) is 0.404. The topological polar surface area (TPSA) is 90.3 Å². The zero-order valence-corrected chi connectivity index (χ0v) is 19.8. The number of aromatic amines is 1. The Bertz CT molecular complexity index is 1520. The highest BCUT2D eigenvalue weighted by Crippen LogP contribution is 2.36. The molecule has 2 aliphatic rings. The smallest absolute Gasteiger partial charge is 0.198 e. The maximum atomic E-state index is 4.90. The van der Waals surface area contributed by atoms with Crippen LogP contribution in [0.3, 0.4) is 0 Å². The largest absolute Gasteiger partial charge is 0.366 e. The first-order valence-electron chi connectivity index (χ1n) is 12.2. The average molecular weight is 466 g/mol. The zero-order valence-electron chi connectivity index (χ0n) is 19.8. The van der Waals surface area contributed by atoms with Crippen LogP contribution in [0.4, 0.5) is 17.2 Å². The number of piperazine rings is 1. The first-order valence-corrected chi connectivity index (χ1v) is 12.2. The lowest BCUT2D eigenvalue weighted by molar-refractivity contribution is 0.191. The second kappa shape index (κ2) is 7.78. The second-order valence-corrected chi connectivity index (χ2v) is 9.83. The molecular formula is C26H27N9. The number of hydrogen-bond donors (Lipinski definition) is 2. The Kier molecular flexibility index (Phi) is 4.53. The summed E-state index contributed by atoms with van der Waals surface area (Å²) in [5.74, 6) is 0.672. The van der Waals surface area contributed by atoms with E-state index in [4.69, 9.17) is 4.98 Å². The molecule has 0 aliphatic carbocycles. The Labute approximate surface area is 202 Å². The minimum Gasteiger partial charge on any atom is -0.366 e. The van der Waals surface area contributed by atoms with Gasteiger partial charge in [-0.1, -0.05) is 12.1 Å². The molecule has 35 heavy (non-hydrogen) atoms. The molecule has 2 N–H and O–H groups in total. The predicted molar refractivity (Wildman–Crippen MR) is 137 cm³/mol. The van der Waals surface area contributed by atoms with Crippen LogP contribution < -0.4 is 10.2 Å². The van der Waals surface area contributed by atoms with E-state index in [0.29, 0.717) is 29.6 Å². The van der Waals surface area contributed by atoms with Crippen LogP contribution in [0.2, 0.25) is 0 Å². The molecule has 0 amide bonds. The van der Waals surface area contributed by atoms with Crippen LogP contribution in [0.1, 0.15) is 20.3 Å². The van der Waals surface area contributed by atoms with Gasteiger partial charge < -0.3 is 10.2 Å². The molecule has 2 fully saturated rings. The molecule has 2 saturated heterocycles. The predicted octanol–water partition coefficient (Wildman–Crippen LogP) is 4.08. The summed E-state index contributed by atoms with van der Waals surface area (Å²) in [4.78, 5) is 14.5. The fraction of sp³-hybridized carbons (Fsp3) is 0.308. The Morgan fingerprint density at radius 3 is 2.74 bits per heavy atom. The van der Waals surface area contributed by atoms with E-state index in [2.05, 4.69) is 79.6 Å². The molecule has 176 valence electrons. The number of benzene rings is 2. The number of nitrogens with one attached hydrogen (secondary N) is 2. The maximum Gasteiger partial charge on any atom is 0.198 e. The van der Waals surface area contributed by atoms with E-state index >= 15 is 0 Å². The minimum absolute atomic E-state index is 0.613. The monoisotopic (exact) mass is 465 g/mol. The molecule has 5 heterocycles. The molecule has 0 unspecified atom stereocenters. The van der Waals surface area contributed by atoms with Crippen molar-refractivity contribution in [1.29, 1.82) is 0 Å². The van der Waals surface area contributed by atoms with Crippen molar-refractivity contribution in [2.24, 2.45) is 0 Å². The van der Waals surface area contributed by atoms with Gasteiger partial charge >= 0.3 is 0 Å². The number of hydrogen-bond acceptors (Lipinski definition) is 7. The molecule has 2 aliphatic heterocycles. The summed E-state index contributed by atoms with van der Waals surface area (Å²) in [6, 6.07) is 16.7. The number of nitrogens with zero attached hydrogens (tertiary/aromatic N) is 7. The summed E-state index contributed by atoms with van der Waals surface area (Å²) in [6.07, 6.45) is 6.54. The third-order valence-corrected chi connectivity index (χ3v) is 7.41. The maximum absolute atomic E-state index is 4.90. The summed E-state index contributed by atoms with van der Waals surface area (Å²) in [5, 5.41) is 16.0. The second-order valence-electron chi connectivity index (χ2n) is 9.83. The van der Waals surface area contributed by atoms with Crippen molar-refractivity contribution >= 4 is 33.7 Å². The molecule has 0 saturated carbocycles. The normalized spacial score (nSPS) is 20.0. The highest BCUT2D eigenvalue weighted by molar-refractivity contribution is 5.84. The van der Waals surface area contributed by atoms with E-state index in [0.717, 1.165) is 40.9 Å². The third kappa shape index (κ3) is 3.42. The summed E-state index contributed by atoms with van der Waals surface area (Å²) < 4.78 is 1.76. The van der Waals surface area contributed by atoms with E-state index in [1.807, 2.05) is 24.5 Å². The zero-order chi connectivity index (χ0) is 23.5. The van der Waals surface area contributed by atoms with E-state index in [1.165, 1.54) is 12.1 Å². The van der Waals surface area contributed by atoms with Crippen molar-refractivity contribution in [3.63, 3.8) is 0 Å². The standard InChI is InChI=1S/C26H27N9/c1-16(2)33-12-22-10-21(33)13-34(22)20-7-5-19(6-8-20)30-25-26-27-15-29-35(26)14-24(31-25)17-3-4-18-11-28-32-23(18)9-17/h3-9,11,14-16,21-22H,10,12-13H2,1-2H3,(H,28,32)(H,30,31)/t21-,22+/m1/s1. The Balaban J connectivity index is 1.16. The highest BCUT2D eigenvalue weighted by Gasteiger charge is 2.43. The van der Waals surface area contributed by atoms with Crippen molar-refractivity contribution in [2.75, 3.05) is 23.3 Å². The van der Waals surface area contributed by atoms with Crippen LogP contribution >= 0.6 is 0 Å². The van der Waals surface area contributed by atoms with Crippen molar-refractivity contribution in [3.05, 3.63) is 61.2 Å². The lowest BCUT2D eigenvalue weighted by Crippen LogP contribution is -2.48. The molecule has 0 spiro atoms. The first-order chi connectivity index (χ1) is 17.1. The van der Waals surface area contributed by atoms with Crippen molar-refractivity contribution in [3.8, 4) is 11.3 Å². The average Bonchev–Trinajstić information content (AvgIpc) is 3.67. The SMILES string of the molecule is CC(C)N1C[C@@H]2C[C@@H]1CN2c1ccc(Nc2nc(-c3ccc4cn[nH]c4c3)cn3ncnc23)cc1. The van der Waals surface area contributed by atoms with Crippen LogP contribution in [0.25, 0.3) is 27.8 Å². The van der Waals surface area contributed by atoms with Gasteiger partial charge in [-0.05, 0) is 50.6 Å². The molecule has 5 aromatic rings. The van der Waals surface area contributed by atoms with Crippen LogP contribution in [-0.2, 0) is 0 Å². The van der Waals surface area contributed by atoms with E-state index in [-0.39, 0.29) is 0 Å². The molecule has 2 bridgehead atoms. The van der Waals surface area contributed by atoms with Crippen molar-refractivity contribution in [1.82, 2.24) is 34.7 Å². The number of rotatable bonds is 5. The molecule has 2 aromatic carbocycles. The lowest BCUT2D eigenvalue weighted by Gasteiger charge is -2.37. The molecule has 2 atom stereocenters. The number of anilines is 3. The van der Waals surface area contributed by atoms with Gasteiger partial charge in [0.15, 0.2) is 11.5 Å². The van der Waals surface area contributed by atoms with Crippen LogP contribution in [-0.4, -0.2) is 65.9 Å². The van der Waals surface area contributed by atoms with E-state index in [1.54, 1.807) is 10.8 Å². The summed E-state index contributed by atoms with van der Waals surface area (Å²) in [7, 11) is 0. The molecule has 9 heteroatoms. The summed E-state index contributed by atoms with van der Waals surface area (Å²) >= 11 is 0. The van der Waals surface area contributed by atoms with Gasteiger partial charge in [0.25, 0.3) is 0 Å². The number of aromatic nitrogens is 6. The van der Waals surface area contributed by atoms with Crippen molar-refractivity contribution < 1.29 is 0 Å². The van der Waals surface area contributed by atoms with E-state index < -0.39 is 0 Å². The molecule has 3 aromatic heterocycles. The van der Waals surface area contributed by atoms with Crippen LogP contribution in [0, 0.1) is 0 Å². The van der Waals surface area contributed by atoms with Gasteiger partial charge in [-0.3, -0.25) is 10.00 Å².